The Bertz CT molecular complexity index is 690. The van der Waals surface area contributed by atoms with Gasteiger partial charge in [-0.05, 0) is 25.0 Å². The van der Waals surface area contributed by atoms with E-state index in [0.29, 0.717) is 15.8 Å². The van der Waals surface area contributed by atoms with E-state index in [0.717, 1.165) is 30.4 Å². The van der Waals surface area contributed by atoms with Crippen LogP contribution in [0.2, 0.25) is 0 Å². The second-order valence-corrected chi connectivity index (χ2v) is 7.17. The maximum Gasteiger partial charge on any atom is 0.261 e. The molecule has 3 nitrogen and oxygen atoms in total. The molecule has 1 amide bonds. The summed E-state index contributed by atoms with van der Waals surface area (Å²) in [7, 11) is 1.57. The molecule has 0 saturated heterocycles. The van der Waals surface area contributed by atoms with Crippen LogP contribution in [0.25, 0.3) is 10.1 Å². The van der Waals surface area contributed by atoms with Crippen LogP contribution < -0.4 is 5.32 Å². The molecule has 0 radical (unpaired) electrons. The molecule has 0 unspecified atom stereocenters. The molecule has 0 atom stereocenters. The standard InChI is InChI=1S/C18H22FNO2S/c1-22-11-13-16-14(19)9-6-10-15(16)23-17(13)18(21)20-12-7-4-2-3-5-8-12/h6,9-10,12H,2-5,7-8,11H2,1H3,(H,20,21). The maximum atomic E-state index is 14.2. The number of fused-ring (bicyclic) bond motifs is 1. The van der Waals surface area contributed by atoms with Crippen LogP contribution in [0.3, 0.4) is 0 Å². The van der Waals surface area contributed by atoms with E-state index in [9.17, 15) is 9.18 Å². The minimum atomic E-state index is -0.292. The van der Waals surface area contributed by atoms with E-state index in [2.05, 4.69) is 5.32 Å². The third-order valence-corrected chi connectivity index (χ3v) is 5.64. The lowest BCUT2D eigenvalue weighted by Crippen LogP contribution is -2.34. The van der Waals surface area contributed by atoms with E-state index in [1.165, 1.54) is 30.2 Å². The molecular formula is C18H22FNO2S. The minimum absolute atomic E-state index is 0.0930. The quantitative estimate of drug-likeness (QED) is 0.827. The maximum absolute atomic E-state index is 14.2. The monoisotopic (exact) mass is 335 g/mol. The summed E-state index contributed by atoms with van der Waals surface area (Å²) in [6.45, 7) is 0.244. The Kier molecular flexibility index (Phi) is 5.28. The summed E-state index contributed by atoms with van der Waals surface area (Å²) in [6, 6.07) is 5.19. The van der Waals surface area contributed by atoms with Crippen LogP contribution in [-0.2, 0) is 11.3 Å². The number of methoxy groups -OCH3 is 1. The Morgan fingerprint density at radius 2 is 2.04 bits per heavy atom. The van der Waals surface area contributed by atoms with Crippen molar-refractivity contribution in [2.24, 2.45) is 0 Å². The zero-order valence-corrected chi connectivity index (χ0v) is 14.2. The van der Waals surface area contributed by atoms with Crippen LogP contribution >= 0.6 is 11.3 Å². The van der Waals surface area contributed by atoms with Crippen LogP contribution in [0.1, 0.15) is 53.8 Å². The van der Waals surface area contributed by atoms with E-state index < -0.39 is 0 Å². The van der Waals surface area contributed by atoms with Crippen LogP contribution in [0.4, 0.5) is 4.39 Å². The van der Waals surface area contributed by atoms with Gasteiger partial charge in [0.2, 0.25) is 0 Å². The Morgan fingerprint density at radius 3 is 2.74 bits per heavy atom. The number of thiophene rings is 1. The van der Waals surface area contributed by atoms with Gasteiger partial charge < -0.3 is 10.1 Å². The third kappa shape index (κ3) is 3.56. The summed E-state index contributed by atoms with van der Waals surface area (Å²) >= 11 is 1.35. The molecule has 23 heavy (non-hydrogen) atoms. The number of halogens is 1. The van der Waals surface area contributed by atoms with Crippen molar-refractivity contribution in [1.29, 1.82) is 0 Å². The summed E-state index contributed by atoms with van der Waals surface area (Å²) < 4.78 is 20.2. The van der Waals surface area contributed by atoms with Crippen LogP contribution in [0.5, 0.6) is 0 Å². The van der Waals surface area contributed by atoms with E-state index in [4.69, 9.17) is 4.74 Å². The number of benzene rings is 1. The first-order valence-corrected chi connectivity index (χ1v) is 9.02. The molecule has 1 heterocycles. The summed E-state index contributed by atoms with van der Waals surface area (Å²) in [4.78, 5) is 13.3. The van der Waals surface area contributed by atoms with Crippen molar-refractivity contribution in [3.63, 3.8) is 0 Å². The zero-order valence-electron chi connectivity index (χ0n) is 13.4. The van der Waals surface area contributed by atoms with Crippen molar-refractivity contribution in [3.8, 4) is 0 Å². The fourth-order valence-electron chi connectivity index (χ4n) is 3.31. The second kappa shape index (κ2) is 7.41. The topological polar surface area (TPSA) is 38.3 Å². The van der Waals surface area contributed by atoms with Gasteiger partial charge in [-0.3, -0.25) is 4.79 Å². The average Bonchev–Trinajstić information content (AvgIpc) is 2.72. The lowest BCUT2D eigenvalue weighted by molar-refractivity contribution is 0.0933. The number of amides is 1. The Labute approximate surface area is 139 Å². The number of ether oxygens (including phenoxy) is 1. The van der Waals surface area contributed by atoms with Gasteiger partial charge in [0.25, 0.3) is 5.91 Å². The zero-order chi connectivity index (χ0) is 16.2. The van der Waals surface area contributed by atoms with Gasteiger partial charge >= 0.3 is 0 Å². The molecule has 5 heteroatoms. The molecule has 1 aliphatic carbocycles. The fourth-order valence-corrected chi connectivity index (χ4v) is 4.43. The molecule has 1 aliphatic rings. The van der Waals surface area contributed by atoms with Gasteiger partial charge in [-0.1, -0.05) is 31.7 Å². The van der Waals surface area contributed by atoms with Gasteiger partial charge in [0.15, 0.2) is 0 Å². The van der Waals surface area contributed by atoms with Crippen molar-refractivity contribution >= 4 is 27.3 Å². The number of rotatable bonds is 4. The average molecular weight is 335 g/mol. The lowest BCUT2D eigenvalue weighted by Gasteiger charge is -2.16. The lowest BCUT2D eigenvalue weighted by atomic mass is 10.1. The molecule has 3 rings (SSSR count). The summed E-state index contributed by atoms with van der Waals surface area (Å²) in [5.74, 6) is -0.385. The molecular weight excluding hydrogens is 313 g/mol. The Morgan fingerprint density at radius 1 is 1.30 bits per heavy atom. The number of hydrogen-bond donors (Lipinski definition) is 1. The van der Waals surface area contributed by atoms with Crippen molar-refractivity contribution < 1.29 is 13.9 Å². The van der Waals surface area contributed by atoms with Crippen molar-refractivity contribution in [3.05, 3.63) is 34.5 Å². The van der Waals surface area contributed by atoms with E-state index >= 15 is 0 Å². The predicted octanol–water partition coefficient (Wildman–Crippen LogP) is 4.64. The highest BCUT2D eigenvalue weighted by Gasteiger charge is 2.23. The molecule has 1 saturated carbocycles. The summed E-state index contributed by atoms with van der Waals surface area (Å²) in [5, 5.41) is 3.67. The minimum Gasteiger partial charge on any atom is -0.380 e. The largest absolute Gasteiger partial charge is 0.380 e. The highest BCUT2D eigenvalue weighted by molar-refractivity contribution is 7.21. The highest BCUT2D eigenvalue weighted by atomic mass is 32.1. The van der Waals surface area contributed by atoms with E-state index in [1.807, 2.05) is 6.07 Å². The molecule has 2 aromatic rings. The normalized spacial score (nSPS) is 16.4. The summed E-state index contributed by atoms with van der Waals surface area (Å²) in [6.07, 6.45) is 6.88. The van der Waals surface area contributed by atoms with Gasteiger partial charge in [0, 0.05) is 28.8 Å². The van der Waals surface area contributed by atoms with Gasteiger partial charge in [-0.15, -0.1) is 11.3 Å². The van der Waals surface area contributed by atoms with Gasteiger partial charge in [-0.2, -0.15) is 0 Å². The molecule has 0 spiro atoms. The molecule has 124 valence electrons. The Hall–Kier alpha value is -1.46. The Balaban J connectivity index is 1.90. The van der Waals surface area contributed by atoms with E-state index in [-0.39, 0.29) is 24.4 Å². The van der Waals surface area contributed by atoms with Crippen molar-refractivity contribution in [2.75, 3.05) is 7.11 Å². The smallest absolute Gasteiger partial charge is 0.261 e. The first-order valence-electron chi connectivity index (χ1n) is 8.20. The number of nitrogens with one attached hydrogen (secondary N) is 1. The molecule has 1 N–H and O–H groups in total. The molecule has 0 bridgehead atoms. The van der Waals surface area contributed by atoms with Gasteiger partial charge in [0.1, 0.15) is 5.82 Å². The summed E-state index contributed by atoms with van der Waals surface area (Å²) in [5.41, 5.74) is 0.664. The number of hydrogen-bond acceptors (Lipinski definition) is 3. The van der Waals surface area contributed by atoms with Crippen molar-refractivity contribution in [1.82, 2.24) is 5.32 Å². The van der Waals surface area contributed by atoms with Gasteiger partial charge in [0.05, 0.1) is 11.5 Å². The number of carbonyl (C=O) groups is 1. The third-order valence-electron chi connectivity index (χ3n) is 4.45. The van der Waals surface area contributed by atoms with Crippen LogP contribution in [-0.4, -0.2) is 19.1 Å². The first kappa shape index (κ1) is 16.4. The molecule has 0 aliphatic heterocycles. The van der Waals surface area contributed by atoms with Crippen LogP contribution in [0, 0.1) is 5.82 Å². The van der Waals surface area contributed by atoms with Gasteiger partial charge in [-0.25, -0.2) is 4.39 Å². The molecule has 1 fully saturated rings. The predicted molar refractivity (Wildman–Crippen MR) is 91.5 cm³/mol. The highest BCUT2D eigenvalue weighted by Crippen LogP contribution is 2.34. The van der Waals surface area contributed by atoms with E-state index in [1.54, 1.807) is 13.2 Å². The first-order chi connectivity index (χ1) is 11.2. The fraction of sp³-hybridized carbons (Fsp3) is 0.500. The second-order valence-electron chi connectivity index (χ2n) is 6.12. The SMILES string of the molecule is COCc1c(C(=O)NC2CCCCCC2)sc2cccc(F)c12. The molecule has 1 aromatic carbocycles. The van der Waals surface area contributed by atoms with Crippen molar-refractivity contribution in [2.45, 2.75) is 51.2 Å². The van der Waals surface area contributed by atoms with Crippen LogP contribution in [0.15, 0.2) is 18.2 Å². The number of carbonyl (C=O) groups excluding carboxylic acids is 1. The molecule has 1 aromatic heterocycles.